The van der Waals surface area contributed by atoms with Gasteiger partial charge >= 0.3 is 0 Å². The van der Waals surface area contributed by atoms with Crippen molar-refractivity contribution in [3.8, 4) is 11.5 Å². The van der Waals surface area contributed by atoms with Gasteiger partial charge in [-0.2, -0.15) is 0 Å². The molecule has 0 heterocycles. The van der Waals surface area contributed by atoms with E-state index in [0.717, 1.165) is 18.8 Å². The maximum absolute atomic E-state index is 9.15. The first kappa shape index (κ1) is 16.1. The Bertz CT molecular complexity index is 341. The van der Waals surface area contributed by atoms with Crippen molar-refractivity contribution in [2.45, 2.75) is 57.8 Å². The Morgan fingerprint density at radius 3 is 2.11 bits per heavy atom. The van der Waals surface area contributed by atoms with E-state index in [-0.39, 0.29) is 5.75 Å². The molecule has 0 unspecified atom stereocenters. The fourth-order valence-electron chi connectivity index (χ4n) is 2.02. The van der Waals surface area contributed by atoms with Gasteiger partial charge in [-0.15, -0.1) is 0 Å². The van der Waals surface area contributed by atoms with Gasteiger partial charge in [0.1, 0.15) is 11.5 Å². The Hall–Kier alpha value is -0.963. The zero-order chi connectivity index (χ0) is 14.1. The lowest BCUT2D eigenvalue weighted by Gasteiger charge is -2.14. The van der Waals surface area contributed by atoms with Gasteiger partial charge in [0.25, 0.3) is 0 Å². The van der Waals surface area contributed by atoms with Gasteiger partial charge in [-0.1, -0.05) is 51.4 Å². The smallest absolute Gasteiger partial charge is 0.119 e. The van der Waals surface area contributed by atoms with Crippen LogP contribution < -0.4 is 4.74 Å². The molecule has 0 aliphatic carbocycles. The summed E-state index contributed by atoms with van der Waals surface area (Å²) in [6, 6.07) is 8.39. The molecular weight excluding hydrogens is 252 g/mol. The maximum atomic E-state index is 9.15. The second-order valence-electron chi connectivity index (χ2n) is 6.42. The van der Waals surface area contributed by atoms with Crippen molar-refractivity contribution < 1.29 is 9.84 Å². The highest BCUT2D eigenvalue weighted by Crippen LogP contribution is 2.17. The summed E-state index contributed by atoms with van der Waals surface area (Å²) in [6.07, 6.45) is 6.46. The summed E-state index contributed by atoms with van der Waals surface area (Å²) in [7, 11) is -0.826. The Morgan fingerprint density at radius 1 is 0.895 bits per heavy atom. The molecule has 1 aromatic rings. The van der Waals surface area contributed by atoms with Crippen molar-refractivity contribution >= 4 is 8.07 Å². The molecule has 19 heavy (non-hydrogen) atoms. The Kier molecular flexibility index (Phi) is 6.99. The number of aromatic hydroxyl groups is 1. The summed E-state index contributed by atoms with van der Waals surface area (Å²) >= 11 is 0. The molecule has 0 bridgehead atoms. The van der Waals surface area contributed by atoms with E-state index in [1.165, 1.54) is 31.7 Å². The van der Waals surface area contributed by atoms with E-state index in [9.17, 15) is 0 Å². The first-order valence-corrected chi connectivity index (χ1v) is 11.1. The first-order valence-electron chi connectivity index (χ1n) is 7.39. The molecule has 108 valence electrons. The van der Waals surface area contributed by atoms with Gasteiger partial charge < -0.3 is 9.84 Å². The van der Waals surface area contributed by atoms with Crippen LogP contribution >= 0.6 is 0 Å². The van der Waals surface area contributed by atoms with Crippen LogP contribution in [0.2, 0.25) is 25.7 Å². The number of ether oxygens (including phenoxy) is 1. The average Bonchev–Trinajstić information content (AvgIpc) is 2.33. The minimum absolute atomic E-state index is 0.287. The SMILES string of the molecule is C[Si](C)(C)CCCCCCCOc1ccc(O)cc1. The molecule has 1 N–H and O–H groups in total. The fraction of sp³-hybridized carbons (Fsp3) is 0.625. The lowest BCUT2D eigenvalue weighted by Crippen LogP contribution is -2.18. The molecule has 0 aliphatic rings. The molecular formula is C16H28O2Si. The molecule has 0 aliphatic heterocycles. The quantitative estimate of drug-likeness (QED) is 0.506. The highest BCUT2D eigenvalue weighted by molar-refractivity contribution is 6.76. The van der Waals surface area contributed by atoms with Gasteiger partial charge in [0.15, 0.2) is 0 Å². The molecule has 0 amide bonds. The number of benzene rings is 1. The zero-order valence-electron chi connectivity index (χ0n) is 12.6. The zero-order valence-corrected chi connectivity index (χ0v) is 13.6. The van der Waals surface area contributed by atoms with E-state index in [4.69, 9.17) is 9.84 Å². The third-order valence-electron chi connectivity index (χ3n) is 3.18. The fourth-order valence-corrected chi connectivity index (χ4v) is 3.33. The minimum Gasteiger partial charge on any atom is -0.508 e. The van der Waals surface area contributed by atoms with Gasteiger partial charge in [-0.3, -0.25) is 0 Å². The van der Waals surface area contributed by atoms with E-state index in [2.05, 4.69) is 19.6 Å². The molecule has 0 radical (unpaired) electrons. The van der Waals surface area contributed by atoms with Crippen LogP contribution in [0.5, 0.6) is 11.5 Å². The summed E-state index contributed by atoms with van der Waals surface area (Å²) in [4.78, 5) is 0. The third-order valence-corrected chi connectivity index (χ3v) is 5.03. The van der Waals surface area contributed by atoms with Crippen molar-refractivity contribution in [1.82, 2.24) is 0 Å². The molecule has 0 spiro atoms. The molecule has 0 saturated heterocycles. The van der Waals surface area contributed by atoms with Crippen LogP contribution in [0.3, 0.4) is 0 Å². The van der Waals surface area contributed by atoms with Crippen LogP contribution in [-0.2, 0) is 0 Å². The lowest BCUT2D eigenvalue weighted by atomic mass is 10.2. The van der Waals surface area contributed by atoms with Crippen LogP contribution in [-0.4, -0.2) is 19.8 Å². The first-order chi connectivity index (χ1) is 8.97. The molecule has 0 aromatic heterocycles. The van der Waals surface area contributed by atoms with E-state index in [1.54, 1.807) is 12.1 Å². The molecule has 1 aromatic carbocycles. The summed E-state index contributed by atoms with van der Waals surface area (Å²) in [5, 5.41) is 9.15. The van der Waals surface area contributed by atoms with E-state index in [0.29, 0.717) is 0 Å². The topological polar surface area (TPSA) is 29.5 Å². The Morgan fingerprint density at radius 2 is 1.47 bits per heavy atom. The number of hydrogen-bond donors (Lipinski definition) is 1. The van der Waals surface area contributed by atoms with Crippen LogP contribution in [0.15, 0.2) is 24.3 Å². The van der Waals surface area contributed by atoms with E-state index < -0.39 is 8.07 Å². The Balaban J connectivity index is 1.95. The van der Waals surface area contributed by atoms with Crippen molar-refractivity contribution in [2.75, 3.05) is 6.61 Å². The van der Waals surface area contributed by atoms with Crippen LogP contribution in [0.25, 0.3) is 0 Å². The number of hydrogen-bond acceptors (Lipinski definition) is 2. The van der Waals surface area contributed by atoms with E-state index in [1.807, 2.05) is 12.1 Å². The molecule has 0 fully saturated rings. The maximum Gasteiger partial charge on any atom is 0.119 e. The Labute approximate surface area is 118 Å². The largest absolute Gasteiger partial charge is 0.508 e. The molecule has 2 nitrogen and oxygen atoms in total. The van der Waals surface area contributed by atoms with Crippen molar-refractivity contribution in [3.05, 3.63) is 24.3 Å². The summed E-state index contributed by atoms with van der Waals surface area (Å²) < 4.78 is 5.62. The van der Waals surface area contributed by atoms with Crippen LogP contribution in [0.4, 0.5) is 0 Å². The highest BCUT2D eigenvalue weighted by Gasteiger charge is 2.11. The number of phenolic OH excluding ortho intramolecular Hbond substituents is 1. The van der Waals surface area contributed by atoms with Crippen molar-refractivity contribution in [1.29, 1.82) is 0 Å². The van der Waals surface area contributed by atoms with E-state index >= 15 is 0 Å². The van der Waals surface area contributed by atoms with Gasteiger partial charge in [0.2, 0.25) is 0 Å². The average molecular weight is 280 g/mol. The third kappa shape index (κ3) is 8.70. The monoisotopic (exact) mass is 280 g/mol. The summed E-state index contributed by atoms with van der Waals surface area (Å²) in [6.45, 7) is 8.11. The van der Waals surface area contributed by atoms with Gasteiger partial charge in [0, 0.05) is 8.07 Å². The second-order valence-corrected chi connectivity index (χ2v) is 12.0. The normalized spacial score (nSPS) is 11.5. The van der Waals surface area contributed by atoms with Gasteiger partial charge in [0.05, 0.1) is 6.61 Å². The van der Waals surface area contributed by atoms with Gasteiger partial charge in [-0.25, -0.2) is 0 Å². The van der Waals surface area contributed by atoms with Crippen LogP contribution in [0, 0.1) is 0 Å². The van der Waals surface area contributed by atoms with Crippen LogP contribution in [0.1, 0.15) is 32.1 Å². The number of unbranched alkanes of at least 4 members (excludes halogenated alkanes) is 4. The summed E-state index contributed by atoms with van der Waals surface area (Å²) in [5.74, 6) is 1.13. The molecule has 0 saturated carbocycles. The number of phenols is 1. The lowest BCUT2D eigenvalue weighted by molar-refractivity contribution is 0.304. The van der Waals surface area contributed by atoms with Crippen molar-refractivity contribution in [2.24, 2.45) is 0 Å². The predicted molar refractivity (Wildman–Crippen MR) is 84.8 cm³/mol. The van der Waals surface area contributed by atoms with Crippen molar-refractivity contribution in [3.63, 3.8) is 0 Å². The highest BCUT2D eigenvalue weighted by atomic mass is 28.3. The molecule has 0 atom stereocenters. The minimum atomic E-state index is -0.826. The van der Waals surface area contributed by atoms with Gasteiger partial charge in [-0.05, 0) is 30.7 Å². The number of rotatable bonds is 9. The standard InChI is InChI=1S/C16H28O2Si/c1-19(2,3)14-8-6-4-5-7-13-18-16-11-9-15(17)10-12-16/h9-12,17H,4-8,13-14H2,1-3H3. The predicted octanol–water partition coefficient (Wildman–Crippen LogP) is 5.06. The second kappa shape index (κ2) is 8.26. The summed E-state index contributed by atoms with van der Waals surface area (Å²) in [5.41, 5.74) is 0. The molecule has 3 heteroatoms. The molecule has 1 rings (SSSR count).